The number of furan rings is 1. The number of fused-ring (bicyclic) bond motifs is 1. The summed E-state index contributed by atoms with van der Waals surface area (Å²) < 4.78 is 7.11. The standard InChI is InChI=1S/C18H18N6O/c1-24-16(19)14-15(13-8-5-11-25-13)21-18(22-17(14)23-24)20-10-9-12-6-3-2-4-7-12/h2-8,11H,9-10,19H2,1H3,(H,20,22,23). The fraction of sp³-hybridized carbons (Fsp3) is 0.167. The van der Waals surface area contributed by atoms with Gasteiger partial charge in [0.15, 0.2) is 11.4 Å². The highest BCUT2D eigenvalue weighted by Gasteiger charge is 2.18. The normalized spacial score (nSPS) is 11.1. The first-order chi connectivity index (χ1) is 12.2. The Kier molecular flexibility index (Phi) is 3.81. The first-order valence-electron chi connectivity index (χ1n) is 8.04. The van der Waals surface area contributed by atoms with E-state index in [2.05, 4.69) is 32.5 Å². The Labute approximate surface area is 144 Å². The number of rotatable bonds is 5. The molecule has 3 aromatic heterocycles. The summed E-state index contributed by atoms with van der Waals surface area (Å²) in [5.74, 6) is 1.66. The van der Waals surface area contributed by atoms with Crippen molar-refractivity contribution in [1.29, 1.82) is 0 Å². The maximum absolute atomic E-state index is 6.13. The first-order valence-corrected chi connectivity index (χ1v) is 8.04. The second-order valence-electron chi connectivity index (χ2n) is 5.74. The van der Waals surface area contributed by atoms with Crippen molar-refractivity contribution in [2.75, 3.05) is 17.6 Å². The van der Waals surface area contributed by atoms with Gasteiger partial charge in [0.05, 0.1) is 11.6 Å². The molecule has 0 aliphatic heterocycles. The van der Waals surface area contributed by atoms with Gasteiger partial charge in [0, 0.05) is 13.6 Å². The number of nitrogens with two attached hydrogens (primary N) is 1. The summed E-state index contributed by atoms with van der Waals surface area (Å²) in [4.78, 5) is 9.08. The molecule has 0 fully saturated rings. The van der Waals surface area contributed by atoms with Crippen molar-refractivity contribution in [2.24, 2.45) is 7.05 Å². The Bertz CT molecular complexity index is 992. The monoisotopic (exact) mass is 334 g/mol. The fourth-order valence-corrected chi connectivity index (χ4v) is 2.75. The molecule has 0 saturated heterocycles. The van der Waals surface area contributed by atoms with E-state index in [-0.39, 0.29) is 0 Å². The van der Waals surface area contributed by atoms with Gasteiger partial charge in [-0.25, -0.2) is 4.98 Å². The van der Waals surface area contributed by atoms with Crippen LogP contribution < -0.4 is 11.1 Å². The molecule has 0 aliphatic carbocycles. The first kappa shape index (κ1) is 15.2. The van der Waals surface area contributed by atoms with Crippen molar-refractivity contribution < 1.29 is 4.42 Å². The minimum Gasteiger partial charge on any atom is -0.463 e. The summed E-state index contributed by atoms with van der Waals surface area (Å²) >= 11 is 0. The number of anilines is 2. The van der Waals surface area contributed by atoms with Crippen LogP contribution in [0.4, 0.5) is 11.8 Å². The molecule has 7 nitrogen and oxygen atoms in total. The molecule has 3 heterocycles. The minimum absolute atomic E-state index is 0.507. The van der Waals surface area contributed by atoms with Crippen LogP contribution in [-0.4, -0.2) is 26.3 Å². The van der Waals surface area contributed by atoms with Crippen LogP contribution in [0.5, 0.6) is 0 Å². The highest BCUT2D eigenvalue weighted by atomic mass is 16.3. The molecule has 0 spiro atoms. The molecule has 1 aromatic carbocycles. The summed E-state index contributed by atoms with van der Waals surface area (Å²) in [6.45, 7) is 0.718. The number of aryl methyl sites for hydroxylation is 1. The topological polar surface area (TPSA) is 94.8 Å². The van der Waals surface area contributed by atoms with Gasteiger partial charge >= 0.3 is 0 Å². The summed E-state index contributed by atoms with van der Waals surface area (Å²) in [5.41, 5.74) is 8.57. The second-order valence-corrected chi connectivity index (χ2v) is 5.74. The predicted molar refractivity (Wildman–Crippen MR) is 97.1 cm³/mol. The average molecular weight is 334 g/mol. The van der Waals surface area contributed by atoms with E-state index >= 15 is 0 Å². The van der Waals surface area contributed by atoms with Gasteiger partial charge in [-0.15, -0.1) is 0 Å². The lowest BCUT2D eigenvalue weighted by Crippen LogP contribution is -2.08. The van der Waals surface area contributed by atoms with Gasteiger partial charge in [-0.2, -0.15) is 10.1 Å². The molecule has 4 aromatic rings. The van der Waals surface area contributed by atoms with Gasteiger partial charge in [0.1, 0.15) is 11.5 Å². The van der Waals surface area contributed by atoms with Crippen LogP contribution in [0, 0.1) is 0 Å². The van der Waals surface area contributed by atoms with Gasteiger partial charge in [-0.3, -0.25) is 4.68 Å². The Morgan fingerprint density at radius 1 is 1.12 bits per heavy atom. The quantitative estimate of drug-likeness (QED) is 0.583. The maximum Gasteiger partial charge on any atom is 0.225 e. The van der Waals surface area contributed by atoms with E-state index < -0.39 is 0 Å². The molecule has 3 N–H and O–H groups in total. The predicted octanol–water partition coefficient (Wildman–Crippen LogP) is 2.86. The number of nitrogens with one attached hydrogen (secondary N) is 1. The van der Waals surface area contributed by atoms with E-state index in [1.165, 1.54) is 5.56 Å². The SMILES string of the molecule is Cn1nc2nc(NCCc3ccccc3)nc(-c3ccco3)c2c1N. The Hall–Kier alpha value is -3.35. The minimum atomic E-state index is 0.507. The summed E-state index contributed by atoms with van der Waals surface area (Å²) in [6, 6.07) is 13.9. The zero-order chi connectivity index (χ0) is 17.2. The smallest absolute Gasteiger partial charge is 0.225 e. The van der Waals surface area contributed by atoms with Crippen molar-refractivity contribution in [3.8, 4) is 11.5 Å². The lowest BCUT2D eigenvalue weighted by molar-refractivity contribution is 0.580. The molecular formula is C18H18N6O. The van der Waals surface area contributed by atoms with Crippen LogP contribution in [0.3, 0.4) is 0 Å². The van der Waals surface area contributed by atoms with Crippen LogP contribution in [0.25, 0.3) is 22.5 Å². The van der Waals surface area contributed by atoms with Gasteiger partial charge < -0.3 is 15.5 Å². The molecular weight excluding hydrogens is 316 g/mol. The van der Waals surface area contributed by atoms with E-state index in [0.29, 0.717) is 34.3 Å². The largest absolute Gasteiger partial charge is 0.463 e. The molecule has 0 bridgehead atoms. The number of nitrogens with zero attached hydrogens (tertiary/aromatic N) is 4. The van der Waals surface area contributed by atoms with E-state index in [1.54, 1.807) is 18.0 Å². The molecule has 25 heavy (non-hydrogen) atoms. The van der Waals surface area contributed by atoms with E-state index in [1.807, 2.05) is 30.3 Å². The van der Waals surface area contributed by atoms with Crippen LogP contribution in [0.1, 0.15) is 5.56 Å². The van der Waals surface area contributed by atoms with Gasteiger partial charge in [-0.1, -0.05) is 30.3 Å². The third-order valence-corrected chi connectivity index (χ3v) is 4.03. The molecule has 7 heteroatoms. The van der Waals surface area contributed by atoms with Crippen molar-refractivity contribution >= 4 is 22.8 Å². The number of hydrogen-bond acceptors (Lipinski definition) is 6. The van der Waals surface area contributed by atoms with Gasteiger partial charge in [-0.05, 0) is 24.1 Å². The zero-order valence-corrected chi connectivity index (χ0v) is 13.8. The van der Waals surface area contributed by atoms with Crippen LogP contribution in [-0.2, 0) is 13.5 Å². The Morgan fingerprint density at radius 3 is 2.72 bits per heavy atom. The molecule has 0 amide bonds. The van der Waals surface area contributed by atoms with E-state index in [9.17, 15) is 0 Å². The van der Waals surface area contributed by atoms with Crippen LogP contribution in [0.15, 0.2) is 53.1 Å². The summed E-state index contributed by atoms with van der Waals surface area (Å²) in [5, 5.41) is 8.33. The molecule has 0 unspecified atom stereocenters. The third-order valence-electron chi connectivity index (χ3n) is 4.03. The van der Waals surface area contributed by atoms with Gasteiger partial charge in [0.25, 0.3) is 0 Å². The molecule has 0 aliphatic rings. The highest BCUT2D eigenvalue weighted by molar-refractivity contribution is 5.97. The number of benzene rings is 1. The van der Waals surface area contributed by atoms with E-state index in [0.717, 1.165) is 13.0 Å². The number of aromatic nitrogens is 4. The number of nitrogen functional groups attached to an aromatic ring is 1. The lowest BCUT2D eigenvalue weighted by Gasteiger charge is -2.07. The lowest BCUT2D eigenvalue weighted by atomic mass is 10.1. The molecule has 126 valence electrons. The van der Waals surface area contributed by atoms with Crippen molar-refractivity contribution in [3.05, 3.63) is 54.3 Å². The summed E-state index contributed by atoms with van der Waals surface area (Å²) in [6.07, 6.45) is 2.49. The van der Waals surface area contributed by atoms with Gasteiger partial charge in [0.2, 0.25) is 5.95 Å². The third kappa shape index (κ3) is 2.91. The maximum atomic E-state index is 6.13. The van der Waals surface area contributed by atoms with E-state index in [4.69, 9.17) is 10.2 Å². The Morgan fingerprint density at radius 2 is 1.96 bits per heavy atom. The fourth-order valence-electron chi connectivity index (χ4n) is 2.75. The second kappa shape index (κ2) is 6.27. The van der Waals surface area contributed by atoms with Crippen LogP contribution >= 0.6 is 0 Å². The summed E-state index contributed by atoms with van der Waals surface area (Å²) in [7, 11) is 1.78. The molecule has 4 rings (SSSR count). The highest BCUT2D eigenvalue weighted by Crippen LogP contribution is 2.31. The molecule has 0 atom stereocenters. The molecule has 0 saturated carbocycles. The average Bonchev–Trinajstić information content (AvgIpc) is 3.25. The zero-order valence-electron chi connectivity index (χ0n) is 13.8. The molecule has 0 radical (unpaired) electrons. The van der Waals surface area contributed by atoms with Crippen LogP contribution in [0.2, 0.25) is 0 Å². The van der Waals surface area contributed by atoms with Crippen molar-refractivity contribution in [1.82, 2.24) is 19.7 Å². The Balaban J connectivity index is 1.66. The number of hydrogen-bond donors (Lipinski definition) is 2. The van der Waals surface area contributed by atoms with Crippen molar-refractivity contribution in [2.45, 2.75) is 6.42 Å². The van der Waals surface area contributed by atoms with Crippen molar-refractivity contribution in [3.63, 3.8) is 0 Å².